The minimum atomic E-state index is -2.02. The molecular formula is C19H20BNO6. The molecule has 3 rings (SSSR count). The number of nitrogens with zero attached hydrogens (tertiary/aromatic N) is 1. The van der Waals surface area contributed by atoms with Crippen molar-refractivity contribution in [3.63, 3.8) is 0 Å². The molecule has 1 heterocycles. The van der Waals surface area contributed by atoms with E-state index in [4.69, 9.17) is 18.5 Å². The summed E-state index contributed by atoms with van der Waals surface area (Å²) in [7, 11) is -2.02. The first-order chi connectivity index (χ1) is 13.1. The average molecular weight is 369 g/mol. The maximum atomic E-state index is 9.29. The molecule has 140 valence electrons. The van der Waals surface area contributed by atoms with Crippen LogP contribution in [0.2, 0.25) is 0 Å². The predicted molar refractivity (Wildman–Crippen MR) is 99.4 cm³/mol. The molecule has 2 aromatic carbocycles. The number of hydrogen-bond acceptors (Lipinski definition) is 7. The molecule has 7 nitrogen and oxygen atoms in total. The van der Waals surface area contributed by atoms with Gasteiger partial charge in [0.1, 0.15) is 12.4 Å². The van der Waals surface area contributed by atoms with Crippen molar-refractivity contribution >= 4 is 7.32 Å². The molecule has 8 heteroatoms. The fraction of sp³-hybridized carbons (Fsp3) is 0.211. The highest BCUT2D eigenvalue weighted by molar-refractivity contribution is 6.34. The van der Waals surface area contributed by atoms with E-state index >= 15 is 0 Å². The molecule has 0 fully saturated rings. The Balaban J connectivity index is 2.01. The van der Waals surface area contributed by atoms with Gasteiger partial charge in [0, 0.05) is 5.56 Å². The lowest BCUT2D eigenvalue weighted by Crippen LogP contribution is -2.21. The van der Waals surface area contributed by atoms with Crippen LogP contribution < -0.4 is 14.1 Å². The third-order valence-corrected chi connectivity index (χ3v) is 3.65. The summed E-state index contributed by atoms with van der Waals surface area (Å²) in [5.41, 5.74) is 1.57. The second kappa shape index (κ2) is 8.61. The van der Waals surface area contributed by atoms with Crippen molar-refractivity contribution in [3.05, 3.63) is 60.0 Å². The van der Waals surface area contributed by atoms with E-state index in [-0.39, 0.29) is 18.1 Å². The minimum absolute atomic E-state index is 0.0924. The number of benzene rings is 2. The fourth-order valence-corrected chi connectivity index (χ4v) is 2.52. The summed E-state index contributed by atoms with van der Waals surface area (Å²) in [5, 5.41) is 18.6. The van der Waals surface area contributed by atoms with Gasteiger partial charge in [-0.1, -0.05) is 30.3 Å². The smallest absolute Gasteiger partial charge is 0.506 e. The Morgan fingerprint density at radius 2 is 1.78 bits per heavy atom. The Morgan fingerprint density at radius 1 is 1.07 bits per heavy atom. The molecule has 27 heavy (non-hydrogen) atoms. The SMILES string of the molecule is CCOc1cc(-c2ncc(C)o2)cc(OCc2ccccc2)c1OB(O)O. The molecule has 0 bridgehead atoms. The summed E-state index contributed by atoms with van der Waals surface area (Å²) in [6.45, 7) is 4.22. The first-order valence-corrected chi connectivity index (χ1v) is 8.50. The molecular weight excluding hydrogens is 349 g/mol. The van der Waals surface area contributed by atoms with Crippen LogP contribution in [0.3, 0.4) is 0 Å². The predicted octanol–water partition coefficient (Wildman–Crippen LogP) is 2.98. The molecule has 0 radical (unpaired) electrons. The van der Waals surface area contributed by atoms with E-state index in [1.807, 2.05) is 37.3 Å². The van der Waals surface area contributed by atoms with E-state index in [1.54, 1.807) is 25.3 Å². The molecule has 0 aliphatic heterocycles. The quantitative estimate of drug-likeness (QED) is 0.590. The van der Waals surface area contributed by atoms with E-state index in [0.29, 0.717) is 29.6 Å². The minimum Gasteiger partial charge on any atom is -0.506 e. The summed E-state index contributed by atoms with van der Waals surface area (Å²) in [4.78, 5) is 4.22. The normalized spacial score (nSPS) is 10.5. The van der Waals surface area contributed by atoms with Gasteiger partial charge >= 0.3 is 7.32 Å². The second-order valence-electron chi connectivity index (χ2n) is 5.73. The highest BCUT2D eigenvalue weighted by Crippen LogP contribution is 2.42. The van der Waals surface area contributed by atoms with Crippen LogP contribution in [0.25, 0.3) is 11.5 Å². The van der Waals surface area contributed by atoms with E-state index < -0.39 is 7.32 Å². The number of hydrogen-bond donors (Lipinski definition) is 2. The van der Waals surface area contributed by atoms with E-state index in [0.717, 1.165) is 5.56 Å². The maximum absolute atomic E-state index is 9.29. The van der Waals surface area contributed by atoms with Gasteiger partial charge in [-0.2, -0.15) is 0 Å². The molecule has 2 N–H and O–H groups in total. The molecule has 0 aliphatic carbocycles. The van der Waals surface area contributed by atoms with Gasteiger partial charge in [0.2, 0.25) is 5.89 Å². The van der Waals surface area contributed by atoms with Crippen LogP contribution in [0.15, 0.2) is 53.1 Å². The Morgan fingerprint density at radius 3 is 2.37 bits per heavy atom. The molecule has 0 amide bonds. The number of ether oxygens (including phenoxy) is 2. The van der Waals surface area contributed by atoms with Crippen molar-refractivity contribution in [3.8, 4) is 28.7 Å². The summed E-state index contributed by atoms with van der Waals surface area (Å²) in [6, 6.07) is 12.9. The zero-order valence-electron chi connectivity index (χ0n) is 15.1. The van der Waals surface area contributed by atoms with Gasteiger partial charge < -0.3 is 28.6 Å². The van der Waals surface area contributed by atoms with Gasteiger partial charge in [-0.05, 0) is 31.5 Å². The molecule has 3 aromatic rings. The first-order valence-electron chi connectivity index (χ1n) is 8.50. The third kappa shape index (κ3) is 4.81. The van der Waals surface area contributed by atoms with Crippen LogP contribution in [-0.4, -0.2) is 29.0 Å². The Labute approximate surface area is 157 Å². The zero-order valence-corrected chi connectivity index (χ0v) is 15.1. The van der Waals surface area contributed by atoms with Crippen LogP contribution in [0.1, 0.15) is 18.2 Å². The van der Waals surface area contributed by atoms with Gasteiger partial charge in [0.25, 0.3) is 0 Å². The number of aryl methyl sites for hydroxylation is 1. The first kappa shape index (κ1) is 18.8. The van der Waals surface area contributed by atoms with Crippen LogP contribution in [0, 0.1) is 6.92 Å². The second-order valence-corrected chi connectivity index (χ2v) is 5.73. The molecule has 0 aliphatic rings. The molecule has 0 saturated heterocycles. The van der Waals surface area contributed by atoms with Crippen molar-refractivity contribution in [1.29, 1.82) is 0 Å². The van der Waals surface area contributed by atoms with E-state index in [9.17, 15) is 10.0 Å². The lowest BCUT2D eigenvalue weighted by Gasteiger charge is -2.17. The highest BCUT2D eigenvalue weighted by Gasteiger charge is 2.23. The Hall–Kier alpha value is -2.97. The molecule has 0 saturated carbocycles. The molecule has 0 spiro atoms. The maximum Gasteiger partial charge on any atom is 0.707 e. The van der Waals surface area contributed by atoms with Crippen LogP contribution in [0.5, 0.6) is 17.2 Å². The van der Waals surface area contributed by atoms with Crippen molar-refractivity contribution in [2.75, 3.05) is 6.61 Å². The third-order valence-electron chi connectivity index (χ3n) is 3.65. The Bertz CT molecular complexity index is 881. The van der Waals surface area contributed by atoms with Crippen molar-refractivity contribution in [1.82, 2.24) is 4.98 Å². The largest absolute Gasteiger partial charge is 0.707 e. The average Bonchev–Trinajstić information content (AvgIpc) is 3.09. The molecule has 0 unspecified atom stereocenters. The van der Waals surface area contributed by atoms with Gasteiger partial charge in [0.05, 0.1) is 12.8 Å². The topological polar surface area (TPSA) is 94.2 Å². The summed E-state index contributed by atoms with van der Waals surface area (Å²) >= 11 is 0. The summed E-state index contributed by atoms with van der Waals surface area (Å²) < 4.78 is 22.2. The summed E-state index contributed by atoms with van der Waals surface area (Å²) in [5.74, 6) is 1.73. The molecule has 1 aromatic heterocycles. The molecule has 0 atom stereocenters. The standard InChI is InChI=1S/C19H20BNO6/c1-3-24-16-9-15(19-21-11-13(2)26-19)10-17(18(16)27-20(22)23)25-12-14-7-5-4-6-8-14/h4-11,22-23H,3,12H2,1-2H3. The van der Waals surface area contributed by atoms with Gasteiger partial charge in [-0.25, -0.2) is 4.98 Å². The number of oxazole rings is 1. The lowest BCUT2D eigenvalue weighted by atomic mass is 10.1. The fourth-order valence-electron chi connectivity index (χ4n) is 2.52. The lowest BCUT2D eigenvalue weighted by molar-refractivity contribution is 0.248. The highest BCUT2D eigenvalue weighted by atomic mass is 16.6. The summed E-state index contributed by atoms with van der Waals surface area (Å²) in [6.07, 6.45) is 1.61. The van der Waals surface area contributed by atoms with Crippen LogP contribution in [0.4, 0.5) is 0 Å². The van der Waals surface area contributed by atoms with Crippen molar-refractivity contribution < 1.29 is 28.6 Å². The van der Waals surface area contributed by atoms with Gasteiger partial charge in [-0.3, -0.25) is 0 Å². The monoisotopic (exact) mass is 369 g/mol. The van der Waals surface area contributed by atoms with Gasteiger partial charge in [-0.15, -0.1) is 0 Å². The van der Waals surface area contributed by atoms with E-state index in [2.05, 4.69) is 4.98 Å². The van der Waals surface area contributed by atoms with Crippen molar-refractivity contribution in [2.24, 2.45) is 0 Å². The van der Waals surface area contributed by atoms with E-state index in [1.165, 1.54) is 0 Å². The van der Waals surface area contributed by atoms with Crippen molar-refractivity contribution in [2.45, 2.75) is 20.5 Å². The van der Waals surface area contributed by atoms with Crippen LogP contribution >= 0.6 is 0 Å². The zero-order chi connectivity index (χ0) is 19.2. The number of aromatic nitrogens is 1. The number of rotatable bonds is 8. The van der Waals surface area contributed by atoms with Gasteiger partial charge in [0.15, 0.2) is 17.2 Å². The van der Waals surface area contributed by atoms with Crippen LogP contribution in [-0.2, 0) is 6.61 Å². The Kier molecular flexibility index (Phi) is 6.00.